The van der Waals surface area contributed by atoms with Gasteiger partial charge in [-0.1, -0.05) is 152 Å². The molecule has 0 saturated carbocycles. The molecule has 3 heteroatoms. The molecule has 0 aliphatic carbocycles. The quantitative estimate of drug-likeness (QED) is 0.166. The van der Waals surface area contributed by atoms with Crippen molar-refractivity contribution in [3.8, 4) is 44.8 Å². The van der Waals surface area contributed by atoms with Gasteiger partial charge in [0.1, 0.15) is 0 Å². The van der Waals surface area contributed by atoms with Crippen molar-refractivity contribution in [2.24, 2.45) is 0 Å². The van der Waals surface area contributed by atoms with Gasteiger partial charge in [-0.2, -0.15) is 0 Å². The van der Waals surface area contributed by atoms with Crippen molar-refractivity contribution in [1.82, 2.24) is 9.13 Å². The van der Waals surface area contributed by atoms with Crippen LogP contribution in [-0.2, 0) is 0 Å². The average Bonchev–Trinajstić information content (AvgIpc) is 3.94. The molecule has 12 aromatic rings. The van der Waals surface area contributed by atoms with Gasteiger partial charge >= 0.3 is 0 Å². The summed E-state index contributed by atoms with van der Waals surface area (Å²) in [6.45, 7) is 0. The summed E-state index contributed by atoms with van der Waals surface area (Å²) in [5, 5.41) is 7.62. The molecule has 0 aliphatic heterocycles. The van der Waals surface area contributed by atoms with E-state index in [0.717, 1.165) is 11.4 Å². The van der Waals surface area contributed by atoms with E-state index in [2.05, 4.69) is 215 Å². The molecule has 0 aliphatic rings. The van der Waals surface area contributed by atoms with Gasteiger partial charge in [-0.05, 0) is 82.4 Å². The third kappa shape index (κ3) is 4.89. The molecular weight excluding hydrogens is 709 g/mol. The third-order valence-electron chi connectivity index (χ3n) is 11.7. The molecule has 2 nitrogen and oxygen atoms in total. The van der Waals surface area contributed by atoms with Crippen LogP contribution in [0.5, 0.6) is 0 Å². The zero-order valence-electron chi connectivity index (χ0n) is 30.9. The molecule has 0 saturated heterocycles. The molecule has 0 spiro atoms. The van der Waals surface area contributed by atoms with Gasteiger partial charge in [-0.25, -0.2) is 0 Å². The number of hydrogen-bond acceptors (Lipinski definition) is 1. The van der Waals surface area contributed by atoms with Crippen LogP contribution in [0.3, 0.4) is 0 Å². The van der Waals surface area contributed by atoms with Crippen LogP contribution in [0.25, 0.3) is 109 Å². The molecule has 0 fully saturated rings. The maximum atomic E-state index is 2.51. The highest BCUT2D eigenvalue weighted by Gasteiger charge is 2.25. The van der Waals surface area contributed by atoms with E-state index in [1.165, 1.54) is 97.2 Å². The van der Waals surface area contributed by atoms with Crippen molar-refractivity contribution in [1.29, 1.82) is 0 Å². The predicted octanol–water partition coefficient (Wildman–Crippen LogP) is 15.2. The second-order valence-corrected chi connectivity index (χ2v) is 15.9. The lowest BCUT2D eigenvalue weighted by atomic mass is 9.95. The molecule has 12 rings (SSSR count). The molecular formula is C54H34N2S. The van der Waals surface area contributed by atoms with Crippen molar-refractivity contribution < 1.29 is 0 Å². The Bertz CT molecular complexity index is 3490. The fourth-order valence-electron chi connectivity index (χ4n) is 9.21. The smallest absolute Gasteiger partial charge is 0.0641 e. The fraction of sp³-hybridized carbons (Fsp3) is 0. The lowest BCUT2D eigenvalue weighted by Crippen LogP contribution is -1.99. The summed E-state index contributed by atoms with van der Waals surface area (Å²) < 4.78 is 7.64. The zero-order valence-corrected chi connectivity index (χ0v) is 31.7. The van der Waals surface area contributed by atoms with Gasteiger partial charge in [0.15, 0.2) is 0 Å². The minimum Gasteiger partial charge on any atom is -0.309 e. The molecule has 9 aromatic carbocycles. The predicted molar refractivity (Wildman–Crippen MR) is 244 cm³/mol. The molecule has 3 heterocycles. The van der Waals surface area contributed by atoms with E-state index >= 15 is 0 Å². The standard InChI is InChI=1S/C54H34N2S/c1-3-15-35(16-4-1)37-17-13-18-38(33-37)51-52-46(42-21-7-10-26-48(42)55(52)39-19-5-2-6-20-39)34-47-43-22-8-11-27-49(43)56(53(47)51)40-31-29-36(30-32-40)41-24-14-25-45-44-23-9-12-28-50(44)57-54(41)45/h1-34H. The first-order chi connectivity index (χ1) is 28.3. The Hall–Kier alpha value is -7.20. The second kappa shape index (κ2) is 12.7. The first-order valence-corrected chi connectivity index (χ1v) is 20.3. The van der Waals surface area contributed by atoms with Crippen molar-refractivity contribution >= 4 is 75.1 Å². The molecule has 0 N–H and O–H groups in total. The molecule has 0 atom stereocenters. The normalized spacial score (nSPS) is 11.9. The number of rotatable bonds is 5. The summed E-state index contributed by atoms with van der Waals surface area (Å²) in [6.07, 6.45) is 0. The number of aromatic nitrogens is 2. The Morgan fingerprint density at radius 1 is 0.316 bits per heavy atom. The summed E-state index contributed by atoms with van der Waals surface area (Å²) in [5.74, 6) is 0. The number of fused-ring (bicyclic) bond motifs is 9. The first kappa shape index (κ1) is 32.1. The highest BCUT2D eigenvalue weighted by molar-refractivity contribution is 7.26. The monoisotopic (exact) mass is 742 g/mol. The Kier molecular flexibility index (Phi) is 7.13. The summed E-state index contributed by atoms with van der Waals surface area (Å²) in [7, 11) is 0. The van der Waals surface area contributed by atoms with Crippen LogP contribution >= 0.6 is 11.3 Å². The van der Waals surface area contributed by atoms with E-state index in [1.54, 1.807) is 0 Å². The SMILES string of the molecule is c1ccc(-c2cccc(-c3c4c(cc5c6ccccc6n(-c6ccc(-c7cccc8c7sc7ccccc78)cc6)c35)c3ccccc3n4-c3ccccc3)c2)cc1. The minimum absolute atomic E-state index is 1.13. The number of benzene rings is 9. The zero-order chi connectivity index (χ0) is 37.5. The van der Waals surface area contributed by atoms with Crippen molar-refractivity contribution in [2.75, 3.05) is 0 Å². The second-order valence-electron chi connectivity index (χ2n) is 14.9. The molecule has 0 amide bonds. The van der Waals surface area contributed by atoms with Crippen LogP contribution in [0.4, 0.5) is 0 Å². The van der Waals surface area contributed by atoms with Crippen LogP contribution in [-0.4, -0.2) is 9.13 Å². The first-order valence-electron chi connectivity index (χ1n) is 19.5. The molecule has 0 bridgehead atoms. The Labute approximate surface area is 333 Å². The number of para-hydroxylation sites is 3. The Balaban J connectivity index is 1.19. The molecule has 0 unspecified atom stereocenters. The summed E-state index contributed by atoms with van der Waals surface area (Å²) in [4.78, 5) is 0. The number of nitrogens with zero attached hydrogens (tertiary/aromatic N) is 2. The van der Waals surface area contributed by atoms with Crippen LogP contribution < -0.4 is 0 Å². The van der Waals surface area contributed by atoms with Crippen molar-refractivity contribution in [3.63, 3.8) is 0 Å². The van der Waals surface area contributed by atoms with Gasteiger partial charge in [0.05, 0.1) is 22.1 Å². The van der Waals surface area contributed by atoms with Crippen LogP contribution in [0.2, 0.25) is 0 Å². The Morgan fingerprint density at radius 3 is 1.54 bits per heavy atom. The van der Waals surface area contributed by atoms with Crippen LogP contribution in [0.1, 0.15) is 0 Å². The maximum absolute atomic E-state index is 2.51. The largest absolute Gasteiger partial charge is 0.309 e. The van der Waals surface area contributed by atoms with Crippen molar-refractivity contribution in [2.45, 2.75) is 0 Å². The molecule has 0 radical (unpaired) electrons. The third-order valence-corrected chi connectivity index (χ3v) is 12.9. The van der Waals surface area contributed by atoms with Gasteiger partial charge in [0, 0.05) is 58.7 Å². The summed E-state index contributed by atoms with van der Waals surface area (Å²) >= 11 is 1.88. The fourth-order valence-corrected chi connectivity index (χ4v) is 10.4. The average molecular weight is 743 g/mol. The molecule has 266 valence electrons. The molecule has 57 heavy (non-hydrogen) atoms. The van der Waals surface area contributed by atoms with E-state index in [-0.39, 0.29) is 0 Å². The minimum atomic E-state index is 1.13. The van der Waals surface area contributed by atoms with E-state index in [0.29, 0.717) is 0 Å². The topological polar surface area (TPSA) is 9.86 Å². The van der Waals surface area contributed by atoms with E-state index in [4.69, 9.17) is 0 Å². The van der Waals surface area contributed by atoms with Gasteiger partial charge in [-0.15, -0.1) is 11.3 Å². The van der Waals surface area contributed by atoms with Crippen LogP contribution in [0, 0.1) is 0 Å². The lowest BCUT2D eigenvalue weighted by Gasteiger charge is -2.17. The van der Waals surface area contributed by atoms with Gasteiger partial charge in [0.2, 0.25) is 0 Å². The Morgan fingerprint density at radius 2 is 0.842 bits per heavy atom. The van der Waals surface area contributed by atoms with Crippen molar-refractivity contribution in [3.05, 3.63) is 206 Å². The van der Waals surface area contributed by atoms with E-state index < -0.39 is 0 Å². The van der Waals surface area contributed by atoms with E-state index in [9.17, 15) is 0 Å². The lowest BCUT2D eigenvalue weighted by molar-refractivity contribution is 1.17. The van der Waals surface area contributed by atoms with Gasteiger partial charge in [0.25, 0.3) is 0 Å². The van der Waals surface area contributed by atoms with Crippen LogP contribution in [0.15, 0.2) is 206 Å². The van der Waals surface area contributed by atoms with Gasteiger partial charge in [-0.3, -0.25) is 0 Å². The number of hydrogen-bond donors (Lipinski definition) is 0. The molecule has 3 aromatic heterocycles. The van der Waals surface area contributed by atoms with E-state index in [1.807, 2.05) is 11.3 Å². The summed E-state index contributed by atoms with van der Waals surface area (Å²) in [6, 6.07) is 75.7. The van der Waals surface area contributed by atoms with Gasteiger partial charge < -0.3 is 9.13 Å². The summed E-state index contributed by atoms with van der Waals surface area (Å²) in [5.41, 5.74) is 14.4. The highest BCUT2D eigenvalue weighted by atomic mass is 32.1. The number of thiophene rings is 1. The highest BCUT2D eigenvalue weighted by Crippen LogP contribution is 2.47. The maximum Gasteiger partial charge on any atom is 0.0641 e.